The van der Waals surface area contributed by atoms with E-state index < -0.39 is 10.0 Å². The van der Waals surface area contributed by atoms with E-state index in [1.165, 1.54) is 17.1 Å². The fourth-order valence-corrected chi connectivity index (χ4v) is 5.49. The van der Waals surface area contributed by atoms with Gasteiger partial charge in [-0.25, -0.2) is 8.42 Å². The molecule has 0 unspecified atom stereocenters. The van der Waals surface area contributed by atoms with Gasteiger partial charge in [-0.15, -0.1) is 0 Å². The quantitative estimate of drug-likeness (QED) is 0.729. The van der Waals surface area contributed by atoms with Crippen molar-refractivity contribution in [3.8, 4) is 0 Å². The minimum atomic E-state index is -3.56. The molecule has 0 atom stereocenters. The lowest BCUT2D eigenvalue weighted by Crippen LogP contribution is -2.41. The maximum atomic E-state index is 13.3. The predicted octanol–water partition coefficient (Wildman–Crippen LogP) is 3.57. The Hall–Kier alpha value is -1.40. The van der Waals surface area contributed by atoms with Gasteiger partial charge >= 0.3 is 0 Å². The standard InChI is InChI=1S/C20H30N2O3S/c1-4-21(5-2)26(24,25)18-13-10-15(3)19(14-18)20(23)22(17-11-12-17)16-8-6-7-9-16/h10,13-14,16-17H,4-9,11-12H2,1-3H3. The monoisotopic (exact) mass is 378 g/mol. The summed E-state index contributed by atoms with van der Waals surface area (Å²) in [5, 5.41) is 0. The van der Waals surface area contributed by atoms with Gasteiger partial charge in [0.2, 0.25) is 10.0 Å². The molecule has 0 heterocycles. The first kappa shape index (κ1) is 19.4. The Bertz CT molecular complexity index is 761. The SMILES string of the molecule is CCN(CC)S(=O)(=O)c1ccc(C)c(C(=O)N(C2CCCC2)C2CC2)c1. The van der Waals surface area contributed by atoms with Crippen LogP contribution in [0.25, 0.3) is 0 Å². The average molecular weight is 379 g/mol. The Labute approximate surface area is 157 Å². The van der Waals surface area contributed by atoms with Crippen LogP contribution in [0.5, 0.6) is 0 Å². The molecule has 2 aliphatic carbocycles. The zero-order valence-corrected chi connectivity index (χ0v) is 16.9. The van der Waals surface area contributed by atoms with Crippen LogP contribution in [0.4, 0.5) is 0 Å². The molecule has 26 heavy (non-hydrogen) atoms. The number of aryl methyl sites for hydroxylation is 1. The maximum Gasteiger partial charge on any atom is 0.254 e. The Kier molecular flexibility index (Phi) is 5.72. The van der Waals surface area contributed by atoms with Crippen molar-refractivity contribution in [2.45, 2.75) is 76.3 Å². The summed E-state index contributed by atoms with van der Waals surface area (Å²) in [6, 6.07) is 5.64. The molecule has 0 bridgehead atoms. The third-order valence-electron chi connectivity index (χ3n) is 5.68. The number of rotatable bonds is 7. The van der Waals surface area contributed by atoms with E-state index in [1.54, 1.807) is 18.2 Å². The molecule has 1 aromatic carbocycles. The molecule has 2 aliphatic rings. The summed E-state index contributed by atoms with van der Waals surface area (Å²) in [6.07, 6.45) is 6.63. The van der Waals surface area contributed by atoms with Gasteiger partial charge in [0.05, 0.1) is 4.90 Å². The first-order valence-electron chi connectivity index (χ1n) is 9.83. The Balaban J connectivity index is 1.95. The van der Waals surface area contributed by atoms with Gasteiger partial charge < -0.3 is 4.90 Å². The maximum absolute atomic E-state index is 13.3. The number of hydrogen-bond donors (Lipinski definition) is 0. The van der Waals surface area contributed by atoms with E-state index in [-0.39, 0.29) is 10.8 Å². The van der Waals surface area contributed by atoms with Crippen molar-refractivity contribution in [2.75, 3.05) is 13.1 Å². The Morgan fingerprint density at radius 1 is 1.04 bits per heavy atom. The second kappa shape index (κ2) is 7.69. The summed E-state index contributed by atoms with van der Waals surface area (Å²) < 4.78 is 27.1. The predicted molar refractivity (Wildman–Crippen MR) is 103 cm³/mol. The van der Waals surface area contributed by atoms with Crippen molar-refractivity contribution in [1.82, 2.24) is 9.21 Å². The van der Waals surface area contributed by atoms with Crippen LogP contribution in [0.1, 0.15) is 68.3 Å². The molecule has 0 radical (unpaired) electrons. The first-order valence-corrected chi connectivity index (χ1v) is 11.3. The van der Waals surface area contributed by atoms with E-state index in [0.29, 0.717) is 30.7 Å². The third kappa shape index (κ3) is 3.67. The van der Waals surface area contributed by atoms with Crippen molar-refractivity contribution in [1.29, 1.82) is 0 Å². The zero-order valence-electron chi connectivity index (χ0n) is 16.1. The fraction of sp³-hybridized carbons (Fsp3) is 0.650. The van der Waals surface area contributed by atoms with E-state index in [2.05, 4.69) is 4.90 Å². The van der Waals surface area contributed by atoms with Crippen molar-refractivity contribution >= 4 is 15.9 Å². The normalized spacial score (nSPS) is 18.5. The van der Waals surface area contributed by atoms with Gasteiger partial charge in [-0.05, 0) is 50.3 Å². The summed E-state index contributed by atoms with van der Waals surface area (Å²) in [5.74, 6) is 0.00787. The van der Waals surface area contributed by atoms with E-state index in [9.17, 15) is 13.2 Å². The van der Waals surface area contributed by atoms with Crippen LogP contribution in [0.15, 0.2) is 23.1 Å². The molecular weight excluding hydrogens is 348 g/mol. The minimum Gasteiger partial charge on any atom is -0.333 e. The third-order valence-corrected chi connectivity index (χ3v) is 7.72. The van der Waals surface area contributed by atoms with Crippen molar-refractivity contribution in [3.05, 3.63) is 29.3 Å². The van der Waals surface area contributed by atoms with Crippen LogP contribution >= 0.6 is 0 Å². The topological polar surface area (TPSA) is 57.7 Å². The van der Waals surface area contributed by atoms with E-state index >= 15 is 0 Å². The Morgan fingerprint density at radius 3 is 2.15 bits per heavy atom. The summed E-state index contributed by atoms with van der Waals surface area (Å²) in [7, 11) is -3.56. The van der Waals surface area contributed by atoms with Crippen LogP contribution in [0.2, 0.25) is 0 Å². The number of amides is 1. The van der Waals surface area contributed by atoms with Crippen LogP contribution in [0.3, 0.4) is 0 Å². The van der Waals surface area contributed by atoms with E-state index in [0.717, 1.165) is 31.2 Å². The molecule has 2 saturated carbocycles. The second-order valence-electron chi connectivity index (χ2n) is 7.45. The second-order valence-corrected chi connectivity index (χ2v) is 9.39. The first-order chi connectivity index (χ1) is 12.4. The highest BCUT2D eigenvalue weighted by atomic mass is 32.2. The van der Waals surface area contributed by atoms with Crippen molar-refractivity contribution < 1.29 is 13.2 Å². The molecule has 0 aromatic heterocycles. The van der Waals surface area contributed by atoms with Crippen LogP contribution in [-0.2, 0) is 10.0 Å². The van der Waals surface area contributed by atoms with Crippen LogP contribution < -0.4 is 0 Å². The number of carbonyl (C=O) groups excluding carboxylic acids is 1. The molecule has 1 amide bonds. The highest BCUT2D eigenvalue weighted by Gasteiger charge is 2.39. The smallest absolute Gasteiger partial charge is 0.254 e. The summed E-state index contributed by atoms with van der Waals surface area (Å²) in [5.41, 5.74) is 1.38. The molecule has 3 rings (SSSR count). The van der Waals surface area contributed by atoms with Gasteiger partial charge in [-0.1, -0.05) is 32.8 Å². The lowest BCUT2D eigenvalue weighted by atomic mass is 10.1. The fourth-order valence-electron chi connectivity index (χ4n) is 4.01. The summed E-state index contributed by atoms with van der Waals surface area (Å²) in [6.45, 7) is 6.39. The minimum absolute atomic E-state index is 0.00787. The molecule has 144 valence electrons. The highest BCUT2D eigenvalue weighted by molar-refractivity contribution is 7.89. The molecule has 2 fully saturated rings. The molecule has 0 N–H and O–H groups in total. The van der Waals surface area contributed by atoms with Gasteiger partial charge in [-0.2, -0.15) is 4.31 Å². The van der Waals surface area contributed by atoms with Crippen LogP contribution in [-0.4, -0.2) is 48.7 Å². The average Bonchev–Trinajstić information content (AvgIpc) is 3.29. The summed E-state index contributed by atoms with van der Waals surface area (Å²) in [4.78, 5) is 15.6. The number of hydrogen-bond acceptors (Lipinski definition) is 3. The lowest BCUT2D eigenvalue weighted by Gasteiger charge is -2.30. The van der Waals surface area contributed by atoms with Gasteiger partial charge in [0.25, 0.3) is 5.91 Å². The molecular formula is C20H30N2O3S. The van der Waals surface area contributed by atoms with Crippen molar-refractivity contribution in [3.63, 3.8) is 0 Å². The summed E-state index contributed by atoms with van der Waals surface area (Å²) >= 11 is 0. The number of carbonyl (C=O) groups is 1. The van der Waals surface area contributed by atoms with Gasteiger partial charge in [0, 0.05) is 30.7 Å². The van der Waals surface area contributed by atoms with Gasteiger partial charge in [-0.3, -0.25) is 4.79 Å². The zero-order chi connectivity index (χ0) is 18.9. The number of sulfonamides is 1. The highest BCUT2D eigenvalue weighted by Crippen LogP contribution is 2.36. The van der Waals surface area contributed by atoms with E-state index in [4.69, 9.17) is 0 Å². The molecule has 5 nitrogen and oxygen atoms in total. The molecule has 0 aliphatic heterocycles. The number of nitrogens with zero attached hydrogens (tertiary/aromatic N) is 2. The van der Waals surface area contributed by atoms with E-state index in [1.807, 2.05) is 20.8 Å². The molecule has 0 saturated heterocycles. The van der Waals surface area contributed by atoms with Crippen LogP contribution in [0, 0.1) is 6.92 Å². The Morgan fingerprint density at radius 2 is 1.62 bits per heavy atom. The molecule has 6 heteroatoms. The van der Waals surface area contributed by atoms with Gasteiger partial charge in [0.1, 0.15) is 0 Å². The number of benzene rings is 1. The van der Waals surface area contributed by atoms with Crippen molar-refractivity contribution in [2.24, 2.45) is 0 Å². The molecule has 1 aromatic rings. The largest absolute Gasteiger partial charge is 0.333 e. The molecule has 0 spiro atoms. The lowest BCUT2D eigenvalue weighted by molar-refractivity contribution is 0.0663. The van der Waals surface area contributed by atoms with Gasteiger partial charge in [0.15, 0.2) is 0 Å².